The normalized spacial score (nSPS) is 13.3. The Hall–Kier alpha value is -2.29. The van der Waals surface area contributed by atoms with E-state index in [0.29, 0.717) is 17.9 Å². The summed E-state index contributed by atoms with van der Waals surface area (Å²) in [5, 5.41) is 14.1. The van der Waals surface area contributed by atoms with Crippen LogP contribution in [0.1, 0.15) is 37.6 Å². The van der Waals surface area contributed by atoms with Crippen molar-refractivity contribution in [1.82, 2.24) is 10.6 Å². The summed E-state index contributed by atoms with van der Waals surface area (Å²) in [7, 11) is 0. The van der Waals surface area contributed by atoms with Crippen LogP contribution in [0.5, 0.6) is 0 Å². The van der Waals surface area contributed by atoms with Crippen molar-refractivity contribution < 1.29 is 14.0 Å². The Morgan fingerprint density at radius 3 is 2.55 bits per heavy atom. The molecule has 0 spiro atoms. The largest absolute Gasteiger partial charge is 0.472 e. The lowest BCUT2D eigenvalue weighted by atomic mass is 10.0. The first-order chi connectivity index (χ1) is 9.43. The molecule has 0 saturated carbocycles. The van der Waals surface area contributed by atoms with Gasteiger partial charge in [-0.15, -0.1) is 0 Å². The molecule has 0 bridgehead atoms. The first-order valence-electron chi connectivity index (χ1n) is 6.47. The Bertz CT molecular complexity index is 488. The summed E-state index contributed by atoms with van der Waals surface area (Å²) in [6.45, 7) is 5.51. The summed E-state index contributed by atoms with van der Waals surface area (Å²) < 4.78 is 4.80. The highest BCUT2D eigenvalue weighted by Gasteiger charge is 2.20. The molecule has 0 aliphatic rings. The van der Waals surface area contributed by atoms with Crippen LogP contribution in [0.3, 0.4) is 0 Å². The molecule has 6 heteroatoms. The van der Waals surface area contributed by atoms with Gasteiger partial charge >= 0.3 is 0 Å². The molecule has 20 heavy (non-hydrogen) atoms. The minimum Gasteiger partial charge on any atom is -0.472 e. The van der Waals surface area contributed by atoms with E-state index in [1.807, 2.05) is 19.9 Å². The van der Waals surface area contributed by atoms with Crippen LogP contribution in [0.15, 0.2) is 23.0 Å². The predicted octanol–water partition coefficient (Wildman–Crippen LogP) is 1.45. The molecule has 0 aromatic carbocycles. The maximum atomic E-state index is 11.9. The van der Waals surface area contributed by atoms with Crippen molar-refractivity contribution >= 4 is 11.8 Å². The molecule has 1 aromatic heterocycles. The second kappa shape index (κ2) is 7.34. The van der Waals surface area contributed by atoms with Crippen molar-refractivity contribution in [2.75, 3.05) is 0 Å². The number of carbonyl (C=O) groups is 2. The number of furan rings is 1. The Morgan fingerprint density at radius 1 is 1.35 bits per heavy atom. The standard InChI is InChI=1S/C14H19N3O3/c1-9(2)6-12(7-15)17-13(18)10(3)16-14(19)11-4-5-20-8-11/h4-5,8-10,12H,6H2,1-3H3,(H,16,19)(H,17,18)/t10-,12+/m1/s1. The molecule has 1 rings (SSSR count). The zero-order chi connectivity index (χ0) is 15.1. The molecule has 108 valence electrons. The van der Waals surface area contributed by atoms with Gasteiger partial charge in [0.2, 0.25) is 5.91 Å². The fourth-order valence-corrected chi connectivity index (χ4v) is 1.65. The topological polar surface area (TPSA) is 95.1 Å². The number of amides is 2. The van der Waals surface area contributed by atoms with E-state index in [4.69, 9.17) is 9.68 Å². The Labute approximate surface area is 118 Å². The molecular formula is C14H19N3O3. The number of nitriles is 1. The average Bonchev–Trinajstić information content (AvgIpc) is 2.90. The van der Waals surface area contributed by atoms with E-state index in [0.717, 1.165) is 0 Å². The first-order valence-corrected chi connectivity index (χ1v) is 6.47. The second-order valence-electron chi connectivity index (χ2n) is 5.03. The highest BCUT2D eigenvalue weighted by Crippen LogP contribution is 2.04. The van der Waals surface area contributed by atoms with Gasteiger partial charge in [0.1, 0.15) is 18.3 Å². The van der Waals surface area contributed by atoms with Crippen LogP contribution in [-0.2, 0) is 4.79 Å². The van der Waals surface area contributed by atoms with Crippen LogP contribution in [0.25, 0.3) is 0 Å². The molecule has 0 fully saturated rings. The molecule has 1 heterocycles. The van der Waals surface area contributed by atoms with Crippen LogP contribution in [0, 0.1) is 17.2 Å². The Morgan fingerprint density at radius 2 is 2.05 bits per heavy atom. The maximum Gasteiger partial charge on any atom is 0.255 e. The zero-order valence-corrected chi connectivity index (χ0v) is 11.8. The molecular weight excluding hydrogens is 258 g/mol. The fourth-order valence-electron chi connectivity index (χ4n) is 1.65. The van der Waals surface area contributed by atoms with E-state index in [2.05, 4.69) is 10.6 Å². The molecule has 0 aliphatic carbocycles. The van der Waals surface area contributed by atoms with Gasteiger partial charge in [-0.25, -0.2) is 0 Å². The summed E-state index contributed by atoms with van der Waals surface area (Å²) in [5.41, 5.74) is 0.351. The van der Waals surface area contributed by atoms with Crippen molar-refractivity contribution in [3.05, 3.63) is 24.2 Å². The van der Waals surface area contributed by atoms with E-state index in [1.54, 1.807) is 6.92 Å². The summed E-state index contributed by atoms with van der Waals surface area (Å²) in [6.07, 6.45) is 3.26. The summed E-state index contributed by atoms with van der Waals surface area (Å²) >= 11 is 0. The first kappa shape index (κ1) is 15.8. The summed E-state index contributed by atoms with van der Waals surface area (Å²) in [5.74, 6) is -0.469. The highest BCUT2D eigenvalue weighted by atomic mass is 16.3. The number of rotatable bonds is 6. The van der Waals surface area contributed by atoms with E-state index >= 15 is 0 Å². The van der Waals surface area contributed by atoms with E-state index in [9.17, 15) is 9.59 Å². The Kier molecular flexibility index (Phi) is 5.78. The molecule has 2 N–H and O–H groups in total. The van der Waals surface area contributed by atoms with Crippen LogP contribution in [0.2, 0.25) is 0 Å². The molecule has 2 amide bonds. The fraction of sp³-hybridized carbons (Fsp3) is 0.500. The predicted molar refractivity (Wildman–Crippen MR) is 72.6 cm³/mol. The molecule has 0 saturated heterocycles. The third-order valence-corrected chi connectivity index (χ3v) is 2.70. The van der Waals surface area contributed by atoms with E-state index < -0.39 is 18.0 Å². The smallest absolute Gasteiger partial charge is 0.255 e. The van der Waals surface area contributed by atoms with Crippen molar-refractivity contribution in [3.63, 3.8) is 0 Å². The van der Waals surface area contributed by atoms with Crippen molar-refractivity contribution in [3.8, 4) is 6.07 Å². The van der Waals surface area contributed by atoms with Crippen LogP contribution >= 0.6 is 0 Å². The third-order valence-electron chi connectivity index (χ3n) is 2.70. The van der Waals surface area contributed by atoms with Gasteiger partial charge in [0.25, 0.3) is 5.91 Å². The van der Waals surface area contributed by atoms with E-state index in [1.165, 1.54) is 18.6 Å². The van der Waals surface area contributed by atoms with Gasteiger partial charge in [0.05, 0.1) is 17.9 Å². The molecule has 6 nitrogen and oxygen atoms in total. The highest BCUT2D eigenvalue weighted by molar-refractivity contribution is 5.97. The van der Waals surface area contributed by atoms with E-state index in [-0.39, 0.29) is 5.91 Å². The minimum atomic E-state index is -0.722. The number of nitrogens with zero attached hydrogens (tertiary/aromatic N) is 1. The minimum absolute atomic E-state index is 0.302. The maximum absolute atomic E-state index is 11.9. The van der Waals surface area contributed by atoms with Gasteiger partial charge in [0, 0.05) is 0 Å². The molecule has 2 atom stereocenters. The second-order valence-corrected chi connectivity index (χ2v) is 5.03. The third kappa shape index (κ3) is 4.76. The number of hydrogen-bond acceptors (Lipinski definition) is 4. The Balaban J connectivity index is 2.50. The molecule has 0 radical (unpaired) electrons. The van der Waals surface area contributed by atoms with Crippen molar-refractivity contribution in [2.24, 2.45) is 5.92 Å². The van der Waals surface area contributed by atoms with Crippen LogP contribution in [0.4, 0.5) is 0 Å². The quantitative estimate of drug-likeness (QED) is 0.822. The monoisotopic (exact) mass is 277 g/mol. The summed E-state index contributed by atoms with van der Waals surface area (Å²) in [6, 6.07) is 2.28. The number of hydrogen-bond donors (Lipinski definition) is 2. The lowest BCUT2D eigenvalue weighted by Gasteiger charge is -2.17. The molecule has 1 aromatic rings. The van der Waals surface area contributed by atoms with Crippen molar-refractivity contribution in [1.29, 1.82) is 5.26 Å². The van der Waals surface area contributed by atoms with Gasteiger partial charge in [-0.05, 0) is 25.3 Å². The van der Waals surface area contributed by atoms with Crippen LogP contribution in [-0.4, -0.2) is 23.9 Å². The van der Waals surface area contributed by atoms with Gasteiger partial charge in [-0.3, -0.25) is 9.59 Å². The van der Waals surface area contributed by atoms with Gasteiger partial charge in [-0.1, -0.05) is 13.8 Å². The lowest BCUT2D eigenvalue weighted by molar-refractivity contribution is -0.123. The van der Waals surface area contributed by atoms with Gasteiger partial charge < -0.3 is 15.1 Å². The van der Waals surface area contributed by atoms with Gasteiger partial charge in [0.15, 0.2) is 0 Å². The molecule has 0 unspecified atom stereocenters. The number of nitrogens with one attached hydrogen (secondary N) is 2. The molecule has 0 aliphatic heterocycles. The number of carbonyl (C=O) groups excluding carboxylic acids is 2. The average molecular weight is 277 g/mol. The summed E-state index contributed by atoms with van der Waals surface area (Å²) in [4.78, 5) is 23.6. The zero-order valence-electron chi connectivity index (χ0n) is 11.8. The lowest BCUT2D eigenvalue weighted by Crippen LogP contribution is -2.48. The SMILES string of the molecule is CC(C)C[C@@H](C#N)NC(=O)[C@@H](C)NC(=O)c1ccoc1. The van der Waals surface area contributed by atoms with Crippen LogP contribution < -0.4 is 10.6 Å². The van der Waals surface area contributed by atoms with Crippen molar-refractivity contribution in [2.45, 2.75) is 39.3 Å². The van der Waals surface area contributed by atoms with Gasteiger partial charge in [-0.2, -0.15) is 5.26 Å².